The third-order valence-electron chi connectivity index (χ3n) is 4.92. The molecule has 0 radical (unpaired) electrons. The Hall–Kier alpha value is -1.42. The zero-order chi connectivity index (χ0) is 14.5. The van der Waals surface area contributed by atoms with E-state index in [1.807, 2.05) is 18.5 Å². The first-order chi connectivity index (χ1) is 10.3. The Morgan fingerprint density at radius 2 is 2.10 bits per heavy atom. The van der Waals surface area contributed by atoms with Gasteiger partial charge in [0.05, 0.1) is 0 Å². The third-order valence-corrected chi connectivity index (χ3v) is 4.92. The van der Waals surface area contributed by atoms with Crippen LogP contribution in [0.15, 0.2) is 24.5 Å². The molecule has 1 N–H and O–H groups in total. The van der Waals surface area contributed by atoms with E-state index in [1.54, 1.807) is 0 Å². The molecule has 0 aromatic carbocycles. The lowest BCUT2D eigenvalue weighted by molar-refractivity contribution is -0.120. The Morgan fingerprint density at radius 1 is 1.24 bits per heavy atom. The number of rotatable bonds is 3. The number of nitrogens with one attached hydrogen (secondary N) is 1. The second-order valence-electron chi connectivity index (χ2n) is 6.38. The molecule has 4 nitrogen and oxygen atoms in total. The van der Waals surface area contributed by atoms with Crippen molar-refractivity contribution in [2.24, 2.45) is 5.92 Å². The van der Waals surface area contributed by atoms with Gasteiger partial charge in [0, 0.05) is 31.4 Å². The maximum Gasteiger partial charge on any atom is 0.220 e. The maximum atomic E-state index is 11.4. The number of carbonyl (C=O) groups excluding carboxylic acids is 1. The van der Waals surface area contributed by atoms with Gasteiger partial charge in [-0.3, -0.25) is 9.78 Å². The van der Waals surface area contributed by atoms with E-state index in [9.17, 15) is 4.79 Å². The van der Waals surface area contributed by atoms with Crippen LogP contribution < -0.4 is 5.32 Å². The van der Waals surface area contributed by atoms with Crippen molar-refractivity contribution in [3.8, 4) is 0 Å². The van der Waals surface area contributed by atoms with Crippen LogP contribution in [-0.2, 0) is 11.2 Å². The number of pyridine rings is 1. The van der Waals surface area contributed by atoms with Gasteiger partial charge in [-0.15, -0.1) is 0 Å². The number of likely N-dealkylation sites (tertiary alicyclic amines) is 1. The lowest BCUT2D eigenvalue weighted by Gasteiger charge is -2.37. The topological polar surface area (TPSA) is 45.2 Å². The normalized spacial score (nSPS) is 25.3. The monoisotopic (exact) mass is 287 g/mol. The molecule has 2 saturated heterocycles. The highest BCUT2D eigenvalue weighted by Crippen LogP contribution is 2.25. The van der Waals surface area contributed by atoms with E-state index < -0.39 is 0 Å². The summed E-state index contributed by atoms with van der Waals surface area (Å²) >= 11 is 0. The molecular weight excluding hydrogens is 262 g/mol. The number of carbonyl (C=O) groups is 1. The molecule has 1 aromatic heterocycles. The molecule has 0 saturated carbocycles. The summed E-state index contributed by atoms with van der Waals surface area (Å²) in [5.74, 6) is 1.01. The Morgan fingerprint density at radius 3 is 2.86 bits per heavy atom. The smallest absolute Gasteiger partial charge is 0.220 e. The summed E-state index contributed by atoms with van der Waals surface area (Å²) in [7, 11) is 0. The van der Waals surface area contributed by atoms with Crippen LogP contribution in [0.25, 0.3) is 0 Å². The van der Waals surface area contributed by atoms with Crippen LogP contribution in [0.2, 0.25) is 0 Å². The molecule has 2 aliphatic rings. The summed E-state index contributed by atoms with van der Waals surface area (Å²) in [6.45, 7) is 3.21. The molecule has 0 aliphatic carbocycles. The molecular formula is C17H25N3O. The van der Waals surface area contributed by atoms with E-state index in [-0.39, 0.29) is 5.91 Å². The number of amides is 1. The van der Waals surface area contributed by atoms with E-state index in [0.717, 1.165) is 31.7 Å². The van der Waals surface area contributed by atoms with Gasteiger partial charge >= 0.3 is 0 Å². The van der Waals surface area contributed by atoms with Gasteiger partial charge in [0.1, 0.15) is 0 Å². The number of piperidine rings is 1. The summed E-state index contributed by atoms with van der Waals surface area (Å²) in [6, 6.07) is 4.81. The molecule has 0 bridgehead atoms. The largest absolute Gasteiger partial charge is 0.356 e. The first kappa shape index (κ1) is 14.5. The molecule has 0 spiro atoms. The van der Waals surface area contributed by atoms with Crippen molar-refractivity contribution in [3.63, 3.8) is 0 Å². The molecule has 1 aromatic rings. The Bertz CT molecular complexity index is 454. The van der Waals surface area contributed by atoms with Crippen LogP contribution in [-0.4, -0.2) is 41.5 Å². The third kappa shape index (κ3) is 4.03. The Kier molecular flexibility index (Phi) is 4.86. The summed E-state index contributed by atoms with van der Waals surface area (Å²) in [6.07, 6.45) is 10.4. The highest BCUT2D eigenvalue weighted by atomic mass is 16.1. The van der Waals surface area contributed by atoms with Crippen LogP contribution in [0.3, 0.4) is 0 Å². The number of aromatic nitrogens is 1. The predicted molar refractivity (Wildman–Crippen MR) is 82.9 cm³/mol. The molecule has 1 atom stereocenters. The molecule has 3 rings (SSSR count). The molecule has 2 aliphatic heterocycles. The summed E-state index contributed by atoms with van der Waals surface area (Å²) < 4.78 is 0. The second-order valence-corrected chi connectivity index (χ2v) is 6.38. The van der Waals surface area contributed by atoms with Crippen molar-refractivity contribution >= 4 is 5.91 Å². The van der Waals surface area contributed by atoms with Gasteiger partial charge in [0.15, 0.2) is 0 Å². The van der Waals surface area contributed by atoms with Crippen LogP contribution >= 0.6 is 0 Å². The Labute approximate surface area is 126 Å². The van der Waals surface area contributed by atoms with E-state index in [0.29, 0.717) is 12.5 Å². The van der Waals surface area contributed by atoms with Crippen molar-refractivity contribution in [1.82, 2.24) is 15.2 Å². The molecule has 0 unspecified atom stereocenters. The number of hydrogen-bond acceptors (Lipinski definition) is 3. The van der Waals surface area contributed by atoms with Crippen LogP contribution in [0.4, 0.5) is 0 Å². The minimum Gasteiger partial charge on any atom is -0.356 e. The summed E-state index contributed by atoms with van der Waals surface area (Å²) in [5, 5.41) is 2.98. The van der Waals surface area contributed by atoms with E-state index >= 15 is 0 Å². The predicted octanol–water partition coefficient (Wildman–Crippen LogP) is 2.00. The van der Waals surface area contributed by atoms with Gasteiger partial charge in [0.25, 0.3) is 0 Å². The highest BCUT2D eigenvalue weighted by molar-refractivity contribution is 5.76. The van der Waals surface area contributed by atoms with Gasteiger partial charge in [-0.1, -0.05) is 6.07 Å². The van der Waals surface area contributed by atoms with Gasteiger partial charge in [-0.25, -0.2) is 0 Å². The first-order valence-corrected chi connectivity index (χ1v) is 8.21. The minimum atomic E-state index is 0.226. The zero-order valence-electron chi connectivity index (χ0n) is 12.6. The minimum absolute atomic E-state index is 0.226. The van der Waals surface area contributed by atoms with Crippen molar-refractivity contribution in [3.05, 3.63) is 30.1 Å². The van der Waals surface area contributed by atoms with Gasteiger partial charge in [-0.2, -0.15) is 0 Å². The summed E-state index contributed by atoms with van der Waals surface area (Å²) in [5.41, 5.74) is 1.36. The lowest BCUT2D eigenvalue weighted by Crippen LogP contribution is -2.42. The molecule has 2 fully saturated rings. The van der Waals surface area contributed by atoms with E-state index in [1.165, 1.54) is 31.5 Å². The van der Waals surface area contributed by atoms with Crippen molar-refractivity contribution in [1.29, 1.82) is 0 Å². The maximum absolute atomic E-state index is 11.4. The van der Waals surface area contributed by atoms with Crippen molar-refractivity contribution in [2.75, 3.05) is 19.6 Å². The summed E-state index contributed by atoms with van der Waals surface area (Å²) in [4.78, 5) is 18.2. The van der Waals surface area contributed by atoms with Gasteiger partial charge in [0.2, 0.25) is 5.91 Å². The fourth-order valence-corrected chi connectivity index (χ4v) is 3.65. The van der Waals surface area contributed by atoms with Gasteiger partial charge in [-0.05, 0) is 62.7 Å². The fraction of sp³-hybridized carbons (Fsp3) is 0.647. The van der Waals surface area contributed by atoms with E-state index in [4.69, 9.17) is 0 Å². The molecule has 21 heavy (non-hydrogen) atoms. The molecule has 114 valence electrons. The average molecular weight is 287 g/mol. The molecule has 1 amide bonds. The highest BCUT2D eigenvalue weighted by Gasteiger charge is 2.26. The lowest BCUT2D eigenvalue weighted by atomic mass is 9.89. The standard InChI is InChI=1S/C17H25N3O/c21-17-4-3-16(5-9-19-17)20-10-6-14(7-11-20)12-15-2-1-8-18-13-15/h1-2,8,13-14,16H,3-7,9-12H2,(H,19,21)/t16-/m1/s1. The average Bonchev–Trinajstić information content (AvgIpc) is 2.74. The molecule has 4 heteroatoms. The van der Waals surface area contributed by atoms with Gasteiger partial charge < -0.3 is 10.2 Å². The van der Waals surface area contributed by atoms with E-state index in [2.05, 4.69) is 21.3 Å². The SMILES string of the molecule is O=C1CC[C@@H](N2CCC(Cc3cccnc3)CC2)CCN1. The molecule has 3 heterocycles. The van der Waals surface area contributed by atoms with Crippen LogP contribution in [0.5, 0.6) is 0 Å². The zero-order valence-corrected chi connectivity index (χ0v) is 12.6. The second kappa shape index (κ2) is 7.03. The number of nitrogens with zero attached hydrogens (tertiary/aromatic N) is 2. The van der Waals surface area contributed by atoms with Crippen molar-refractivity contribution < 1.29 is 4.79 Å². The first-order valence-electron chi connectivity index (χ1n) is 8.21. The number of hydrogen-bond donors (Lipinski definition) is 1. The van der Waals surface area contributed by atoms with Crippen LogP contribution in [0, 0.1) is 5.92 Å². The fourth-order valence-electron chi connectivity index (χ4n) is 3.65. The van der Waals surface area contributed by atoms with Crippen LogP contribution in [0.1, 0.15) is 37.7 Å². The van der Waals surface area contributed by atoms with Crippen molar-refractivity contribution in [2.45, 2.75) is 44.6 Å². The quantitative estimate of drug-likeness (QED) is 0.925. The Balaban J connectivity index is 1.47.